The van der Waals surface area contributed by atoms with Crippen LogP contribution in [-0.2, 0) is 20.6 Å². The standard InChI is InChI=1S/C22H16Cl2N4O3S/c1-26-18-16(21(29)27(2)22(26)30)17(12-7-11(10-25)8-13(23)9-12)28-5-6-32-20(19(18)28)14-3-4-15(24)31-14/h3-4,7-9,20H,5-6H2,1-2H3. The van der Waals surface area contributed by atoms with E-state index in [9.17, 15) is 14.9 Å². The zero-order valence-corrected chi connectivity index (χ0v) is 19.4. The fourth-order valence-corrected chi connectivity index (χ4v) is 5.96. The van der Waals surface area contributed by atoms with E-state index >= 15 is 0 Å². The Bertz CT molecular complexity index is 1570. The third-order valence-electron chi connectivity index (χ3n) is 5.71. The molecular weight excluding hydrogens is 471 g/mol. The van der Waals surface area contributed by atoms with E-state index < -0.39 is 11.2 Å². The van der Waals surface area contributed by atoms with Gasteiger partial charge in [0.2, 0.25) is 0 Å². The Morgan fingerprint density at radius 1 is 1.16 bits per heavy atom. The summed E-state index contributed by atoms with van der Waals surface area (Å²) < 4.78 is 10.3. The summed E-state index contributed by atoms with van der Waals surface area (Å²) in [5.74, 6) is 1.40. The third kappa shape index (κ3) is 3.04. The Balaban J connectivity index is 1.97. The Kier molecular flexibility index (Phi) is 5.01. The number of furan rings is 1. The molecule has 10 heteroatoms. The number of fused-ring (bicyclic) bond motifs is 3. The first kappa shape index (κ1) is 21.0. The average Bonchev–Trinajstić information content (AvgIpc) is 3.37. The van der Waals surface area contributed by atoms with Gasteiger partial charge in [-0.05, 0) is 41.9 Å². The van der Waals surface area contributed by atoms with Crippen LogP contribution in [0.25, 0.3) is 22.2 Å². The normalized spacial score (nSPS) is 15.7. The van der Waals surface area contributed by atoms with Gasteiger partial charge in [-0.2, -0.15) is 5.26 Å². The average molecular weight is 487 g/mol. The zero-order valence-electron chi connectivity index (χ0n) is 17.1. The molecule has 1 unspecified atom stereocenters. The molecule has 4 aromatic rings. The predicted octanol–water partition coefficient (Wildman–Crippen LogP) is 4.31. The van der Waals surface area contributed by atoms with E-state index in [0.29, 0.717) is 45.1 Å². The molecule has 0 saturated heterocycles. The maximum atomic E-state index is 13.4. The second kappa shape index (κ2) is 7.62. The van der Waals surface area contributed by atoms with Gasteiger partial charge in [-0.15, -0.1) is 11.8 Å². The van der Waals surface area contributed by atoms with Crippen molar-refractivity contribution in [2.75, 3.05) is 5.75 Å². The van der Waals surface area contributed by atoms with Crippen LogP contribution in [0.1, 0.15) is 22.3 Å². The number of benzene rings is 1. The summed E-state index contributed by atoms with van der Waals surface area (Å²) in [4.78, 5) is 26.2. The van der Waals surface area contributed by atoms with Crippen LogP contribution < -0.4 is 11.2 Å². The molecule has 0 aliphatic carbocycles. The number of halogens is 2. The molecular formula is C22H16Cl2N4O3S. The van der Waals surface area contributed by atoms with Crippen LogP contribution in [0, 0.1) is 11.3 Å². The van der Waals surface area contributed by atoms with Gasteiger partial charge in [0.05, 0.1) is 33.9 Å². The second-order valence-corrected chi connectivity index (χ2v) is 9.57. The lowest BCUT2D eigenvalue weighted by Gasteiger charge is -2.25. The third-order valence-corrected chi connectivity index (χ3v) is 7.33. The lowest BCUT2D eigenvalue weighted by Crippen LogP contribution is -2.37. The molecule has 0 N–H and O–H groups in total. The van der Waals surface area contributed by atoms with Gasteiger partial charge in [0.1, 0.15) is 11.0 Å². The van der Waals surface area contributed by atoms with Gasteiger partial charge >= 0.3 is 5.69 Å². The summed E-state index contributed by atoms with van der Waals surface area (Å²) in [7, 11) is 3.11. The Morgan fingerprint density at radius 2 is 1.94 bits per heavy atom. The molecule has 0 spiro atoms. The van der Waals surface area contributed by atoms with Crippen molar-refractivity contribution < 1.29 is 4.42 Å². The molecule has 4 heterocycles. The molecule has 0 fully saturated rings. The lowest BCUT2D eigenvalue weighted by atomic mass is 10.1. The second-order valence-electron chi connectivity index (χ2n) is 7.55. The fourth-order valence-electron chi connectivity index (χ4n) is 4.36. The smallest absolute Gasteiger partial charge is 0.331 e. The van der Waals surface area contributed by atoms with Crippen molar-refractivity contribution in [1.29, 1.82) is 5.26 Å². The number of hydrogen-bond acceptors (Lipinski definition) is 5. The molecule has 0 radical (unpaired) electrons. The van der Waals surface area contributed by atoms with Crippen LogP contribution in [0.15, 0.2) is 44.3 Å². The molecule has 7 nitrogen and oxygen atoms in total. The topological polar surface area (TPSA) is 85.9 Å². The quantitative estimate of drug-likeness (QED) is 0.421. The van der Waals surface area contributed by atoms with Crippen LogP contribution in [-0.4, -0.2) is 19.5 Å². The molecule has 1 aliphatic rings. The number of thioether (sulfide) groups is 1. The van der Waals surface area contributed by atoms with Gasteiger partial charge in [-0.3, -0.25) is 13.9 Å². The molecule has 32 heavy (non-hydrogen) atoms. The molecule has 0 bridgehead atoms. The van der Waals surface area contributed by atoms with E-state index in [4.69, 9.17) is 27.6 Å². The Morgan fingerprint density at radius 3 is 2.62 bits per heavy atom. The summed E-state index contributed by atoms with van der Waals surface area (Å²) in [6.07, 6.45) is 0. The minimum atomic E-state index is -0.418. The summed E-state index contributed by atoms with van der Waals surface area (Å²) in [5, 5.41) is 10.3. The molecule has 1 atom stereocenters. The largest absolute Gasteiger partial charge is 0.448 e. The molecule has 0 amide bonds. The predicted molar refractivity (Wildman–Crippen MR) is 126 cm³/mol. The van der Waals surface area contributed by atoms with E-state index in [1.54, 1.807) is 49.1 Å². The number of hydrogen-bond donors (Lipinski definition) is 0. The highest BCUT2D eigenvalue weighted by Crippen LogP contribution is 2.47. The van der Waals surface area contributed by atoms with Crippen molar-refractivity contribution >= 4 is 45.9 Å². The van der Waals surface area contributed by atoms with Crippen LogP contribution in [0.4, 0.5) is 0 Å². The maximum Gasteiger partial charge on any atom is 0.331 e. The summed E-state index contributed by atoms with van der Waals surface area (Å²) in [5.41, 5.74) is 2.16. The zero-order chi connectivity index (χ0) is 22.7. The summed E-state index contributed by atoms with van der Waals surface area (Å²) >= 11 is 14.0. The van der Waals surface area contributed by atoms with E-state index in [0.717, 1.165) is 16.0 Å². The highest BCUT2D eigenvalue weighted by molar-refractivity contribution is 7.99. The fraction of sp³-hybridized carbons (Fsp3) is 0.227. The first-order valence-corrected chi connectivity index (χ1v) is 11.5. The first-order chi connectivity index (χ1) is 15.3. The van der Waals surface area contributed by atoms with Crippen LogP contribution >= 0.6 is 35.0 Å². The molecule has 5 rings (SSSR count). The van der Waals surface area contributed by atoms with Crippen molar-refractivity contribution in [3.63, 3.8) is 0 Å². The van der Waals surface area contributed by atoms with E-state index in [1.165, 1.54) is 11.6 Å². The Labute approximate surface area is 196 Å². The SMILES string of the molecule is Cn1c(=O)c2c(-c3cc(Cl)cc(C#N)c3)n3c(c2n(C)c1=O)C(c1ccc(Cl)o1)SCC3. The van der Waals surface area contributed by atoms with E-state index in [-0.39, 0.29) is 10.5 Å². The van der Waals surface area contributed by atoms with Crippen molar-refractivity contribution in [1.82, 2.24) is 13.7 Å². The van der Waals surface area contributed by atoms with Crippen molar-refractivity contribution in [3.05, 3.63) is 78.4 Å². The van der Waals surface area contributed by atoms with E-state index in [1.807, 2.05) is 4.57 Å². The highest BCUT2D eigenvalue weighted by Gasteiger charge is 2.34. The van der Waals surface area contributed by atoms with Crippen molar-refractivity contribution in [3.8, 4) is 17.3 Å². The number of nitriles is 1. The molecule has 162 valence electrons. The van der Waals surface area contributed by atoms with Crippen LogP contribution in [0.3, 0.4) is 0 Å². The number of nitrogens with zero attached hydrogens (tertiary/aromatic N) is 4. The van der Waals surface area contributed by atoms with Gasteiger partial charge < -0.3 is 8.98 Å². The molecule has 1 aliphatic heterocycles. The van der Waals surface area contributed by atoms with E-state index in [2.05, 4.69) is 6.07 Å². The minimum absolute atomic E-state index is 0.264. The van der Waals surface area contributed by atoms with Gasteiger partial charge in [-0.1, -0.05) is 11.6 Å². The van der Waals surface area contributed by atoms with Gasteiger partial charge in [0.25, 0.3) is 5.56 Å². The minimum Gasteiger partial charge on any atom is -0.448 e. The summed E-state index contributed by atoms with van der Waals surface area (Å²) in [6, 6.07) is 10.6. The van der Waals surface area contributed by atoms with Crippen LogP contribution in [0.5, 0.6) is 0 Å². The Hall–Kier alpha value is -2.86. The van der Waals surface area contributed by atoms with Gasteiger partial charge in [0, 0.05) is 37.0 Å². The maximum absolute atomic E-state index is 13.4. The summed E-state index contributed by atoms with van der Waals surface area (Å²) in [6.45, 7) is 0.612. The van der Waals surface area contributed by atoms with Gasteiger partial charge in [0.15, 0.2) is 5.22 Å². The first-order valence-electron chi connectivity index (χ1n) is 9.71. The van der Waals surface area contributed by atoms with Crippen LogP contribution in [0.2, 0.25) is 10.2 Å². The monoisotopic (exact) mass is 486 g/mol. The lowest BCUT2D eigenvalue weighted by molar-refractivity contribution is 0.511. The number of aromatic nitrogens is 3. The highest BCUT2D eigenvalue weighted by atomic mass is 35.5. The molecule has 1 aromatic carbocycles. The van der Waals surface area contributed by atoms with Gasteiger partial charge in [-0.25, -0.2) is 4.79 Å². The molecule has 0 saturated carbocycles. The van der Waals surface area contributed by atoms with Crippen molar-refractivity contribution in [2.45, 2.75) is 11.8 Å². The number of aryl methyl sites for hydroxylation is 1. The van der Waals surface area contributed by atoms with Crippen molar-refractivity contribution in [2.24, 2.45) is 14.1 Å². The molecule has 3 aromatic heterocycles. The number of rotatable bonds is 2.